The maximum atomic E-state index is 12.5. The summed E-state index contributed by atoms with van der Waals surface area (Å²) in [5.41, 5.74) is 4.68. The fourth-order valence-electron chi connectivity index (χ4n) is 5.98. The first-order valence-corrected chi connectivity index (χ1v) is 11.7. The first kappa shape index (κ1) is 19.8. The van der Waals surface area contributed by atoms with Crippen LogP contribution in [0.5, 0.6) is 0 Å². The number of piperidine rings is 3. The third-order valence-electron chi connectivity index (χ3n) is 7.78. The van der Waals surface area contributed by atoms with E-state index in [2.05, 4.69) is 28.0 Å². The smallest absolute Gasteiger partial charge is 0.251 e. The van der Waals surface area contributed by atoms with Gasteiger partial charge in [0, 0.05) is 49.3 Å². The molecule has 0 radical (unpaired) electrons. The van der Waals surface area contributed by atoms with Crippen molar-refractivity contribution >= 4 is 5.91 Å². The molecule has 160 valence electrons. The van der Waals surface area contributed by atoms with Crippen LogP contribution in [0.2, 0.25) is 0 Å². The fourth-order valence-corrected chi connectivity index (χ4v) is 5.98. The molecule has 0 spiro atoms. The van der Waals surface area contributed by atoms with Gasteiger partial charge in [0.1, 0.15) is 0 Å². The molecule has 4 atom stereocenters. The highest BCUT2D eigenvalue weighted by molar-refractivity contribution is 5.94. The Bertz CT molecular complexity index is 896. The Morgan fingerprint density at radius 3 is 2.63 bits per heavy atom. The van der Waals surface area contributed by atoms with Crippen molar-refractivity contribution in [2.24, 2.45) is 13.0 Å². The van der Waals surface area contributed by atoms with E-state index >= 15 is 0 Å². The first-order chi connectivity index (χ1) is 14.6. The van der Waals surface area contributed by atoms with Crippen LogP contribution >= 0.6 is 0 Å². The Labute approximate surface area is 179 Å². The van der Waals surface area contributed by atoms with Crippen LogP contribution in [0, 0.1) is 12.8 Å². The Morgan fingerprint density at radius 2 is 1.93 bits per heavy atom. The quantitative estimate of drug-likeness (QED) is 0.817. The van der Waals surface area contributed by atoms with Crippen molar-refractivity contribution in [1.29, 1.82) is 0 Å². The van der Waals surface area contributed by atoms with Gasteiger partial charge in [-0.2, -0.15) is 5.10 Å². The highest BCUT2D eigenvalue weighted by Crippen LogP contribution is 2.43. The summed E-state index contributed by atoms with van der Waals surface area (Å²) in [5.74, 6) is 2.00. The SMILES string of the molecule is Cc1ccc(C(=O)NC[C@H]2C[C@@H]3CCN2C[C@@H]3c2cc(C3CCCC3)nn2C)cc1. The lowest BCUT2D eigenvalue weighted by Gasteiger charge is -2.50. The van der Waals surface area contributed by atoms with Crippen LogP contribution < -0.4 is 5.32 Å². The number of carbonyl (C=O) groups is 1. The monoisotopic (exact) mass is 406 g/mol. The molecule has 1 aliphatic carbocycles. The molecule has 1 N–H and O–H groups in total. The van der Waals surface area contributed by atoms with Crippen LogP contribution in [0.1, 0.15) is 77.7 Å². The summed E-state index contributed by atoms with van der Waals surface area (Å²) < 4.78 is 2.16. The molecule has 1 saturated carbocycles. The van der Waals surface area contributed by atoms with Gasteiger partial charge in [0.05, 0.1) is 5.69 Å². The van der Waals surface area contributed by atoms with E-state index in [1.807, 2.05) is 31.2 Å². The second-order valence-electron chi connectivity index (χ2n) is 9.71. The fraction of sp³-hybridized carbons (Fsp3) is 0.600. The van der Waals surface area contributed by atoms with Crippen LogP contribution in [0.15, 0.2) is 30.3 Å². The van der Waals surface area contributed by atoms with Crippen molar-refractivity contribution in [3.63, 3.8) is 0 Å². The summed E-state index contributed by atoms with van der Waals surface area (Å²) in [6, 6.07) is 10.7. The van der Waals surface area contributed by atoms with Crippen LogP contribution in [0.25, 0.3) is 0 Å². The van der Waals surface area contributed by atoms with Gasteiger partial charge in [0.15, 0.2) is 0 Å². The maximum absolute atomic E-state index is 12.5. The van der Waals surface area contributed by atoms with E-state index in [9.17, 15) is 4.79 Å². The van der Waals surface area contributed by atoms with Gasteiger partial charge < -0.3 is 5.32 Å². The normalized spacial score (nSPS) is 28.7. The summed E-state index contributed by atoms with van der Waals surface area (Å²) in [6.07, 6.45) is 7.75. The molecule has 2 bridgehead atoms. The van der Waals surface area contributed by atoms with Gasteiger partial charge in [0.25, 0.3) is 5.91 Å². The number of benzene rings is 1. The molecule has 1 unspecified atom stereocenters. The number of fused-ring (bicyclic) bond motifs is 3. The molecule has 4 fully saturated rings. The number of hydrogen-bond donors (Lipinski definition) is 1. The highest BCUT2D eigenvalue weighted by Gasteiger charge is 2.42. The standard InChI is InChI=1S/C25H34N4O/c1-17-7-9-19(10-8-17)25(30)26-15-21-13-20-11-12-29(21)16-22(20)24-14-23(27-28(24)2)18-5-3-4-6-18/h7-10,14,18,20-22H,3-6,11-13,15-16H2,1-2H3,(H,26,30)/t20-,21+,22-/m0/s1. The first-order valence-electron chi connectivity index (χ1n) is 11.7. The molecule has 3 saturated heterocycles. The third-order valence-corrected chi connectivity index (χ3v) is 7.78. The predicted molar refractivity (Wildman–Crippen MR) is 119 cm³/mol. The van der Waals surface area contributed by atoms with Gasteiger partial charge in [-0.3, -0.25) is 14.4 Å². The van der Waals surface area contributed by atoms with Crippen LogP contribution in [-0.4, -0.2) is 46.3 Å². The molecule has 2 aromatic rings. The van der Waals surface area contributed by atoms with E-state index in [0.29, 0.717) is 23.8 Å². The number of hydrogen-bond acceptors (Lipinski definition) is 3. The summed E-state index contributed by atoms with van der Waals surface area (Å²) in [5, 5.41) is 8.09. The van der Waals surface area contributed by atoms with Crippen molar-refractivity contribution in [1.82, 2.24) is 20.0 Å². The van der Waals surface area contributed by atoms with E-state index in [0.717, 1.165) is 25.2 Å². The van der Waals surface area contributed by atoms with E-state index in [1.165, 1.54) is 55.5 Å². The van der Waals surface area contributed by atoms with Crippen molar-refractivity contribution < 1.29 is 4.79 Å². The second-order valence-corrected chi connectivity index (χ2v) is 9.71. The van der Waals surface area contributed by atoms with Crippen molar-refractivity contribution in [2.75, 3.05) is 19.6 Å². The van der Waals surface area contributed by atoms with Gasteiger partial charge in [0.2, 0.25) is 0 Å². The summed E-state index contributed by atoms with van der Waals surface area (Å²) in [4.78, 5) is 15.1. The summed E-state index contributed by atoms with van der Waals surface area (Å²) >= 11 is 0. The molecule has 1 amide bonds. The molecule has 5 nitrogen and oxygen atoms in total. The van der Waals surface area contributed by atoms with Crippen LogP contribution in [-0.2, 0) is 7.05 Å². The molecular weight excluding hydrogens is 372 g/mol. The van der Waals surface area contributed by atoms with Crippen molar-refractivity contribution in [3.05, 3.63) is 52.8 Å². The molecule has 5 heteroatoms. The van der Waals surface area contributed by atoms with E-state index in [1.54, 1.807) is 0 Å². The number of carbonyl (C=O) groups excluding carboxylic acids is 1. The number of amides is 1. The lowest BCUT2D eigenvalue weighted by atomic mass is 9.74. The molecule has 4 heterocycles. The predicted octanol–water partition coefficient (Wildman–Crippen LogP) is 3.99. The zero-order valence-electron chi connectivity index (χ0n) is 18.3. The molecule has 1 aromatic carbocycles. The number of rotatable bonds is 5. The second kappa shape index (κ2) is 8.18. The van der Waals surface area contributed by atoms with Gasteiger partial charge >= 0.3 is 0 Å². The van der Waals surface area contributed by atoms with Gasteiger partial charge in [-0.1, -0.05) is 30.5 Å². The average molecular weight is 407 g/mol. The summed E-state index contributed by atoms with van der Waals surface area (Å²) in [7, 11) is 2.13. The Morgan fingerprint density at radius 1 is 1.17 bits per heavy atom. The molecule has 1 aromatic heterocycles. The molecule has 6 rings (SSSR count). The van der Waals surface area contributed by atoms with Gasteiger partial charge in [-0.25, -0.2) is 0 Å². The number of nitrogens with zero attached hydrogens (tertiary/aromatic N) is 3. The van der Waals surface area contributed by atoms with E-state index in [-0.39, 0.29) is 5.91 Å². The number of nitrogens with one attached hydrogen (secondary N) is 1. The largest absolute Gasteiger partial charge is 0.350 e. The number of aromatic nitrogens is 2. The van der Waals surface area contributed by atoms with E-state index < -0.39 is 0 Å². The zero-order chi connectivity index (χ0) is 20.7. The molecule has 3 aliphatic heterocycles. The Balaban J connectivity index is 1.22. The Hall–Kier alpha value is -2.14. The lowest BCUT2D eigenvalue weighted by molar-refractivity contribution is 0.0280. The minimum absolute atomic E-state index is 0.0436. The zero-order valence-corrected chi connectivity index (χ0v) is 18.3. The van der Waals surface area contributed by atoms with Crippen molar-refractivity contribution in [3.8, 4) is 0 Å². The minimum atomic E-state index is 0.0436. The summed E-state index contributed by atoms with van der Waals surface area (Å²) in [6.45, 7) is 5.04. The molecule has 30 heavy (non-hydrogen) atoms. The Kier molecular flexibility index (Phi) is 5.40. The highest BCUT2D eigenvalue weighted by atomic mass is 16.1. The maximum Gasteiger partial charge on any atom is 0.251 e. The lowest BCUT2D eigenvalue weighted by Crippen LogP contribution is -2.56. The van der Waals surface area contributed by atoms with Gasteiger partial charge in [-0.15, -0.1) is 0 Å². The third kappa shape index (κ3) is 3.80. The van der Waals surface area contributed by atoms with Crippen LogP contribution in [0.4, 0.5) is 0 Å². The minimum Gasteiger partial charge on any atom is -0.350 e. The average Bonchev–Trinajstić information content (AvgIpc) is 3.43. The van der Waals surface area contributed by atoms with Crippen molar-refractivity contribution in [2.45, 2.75) is 63.3 Å². The number of aryl methyl sites for hydroxylation is 2. The molecular formula is C25H34N4O. The van der Waals surface area contributed by atoms with Crippen LogP contribution in [0.3, 0.4) is 0 Å². The van der Waals surface area contributed by atoms with E-state index in [4.69, 9.17) is 5.10 Å². The topological polar surface area (TPSA) is 50.2 Å². The van der Waals surface area contributed by atoms with Gasteiger partial charge in [-0.05, 0) is 63.3 Å². The molecule has 4 aliphatic rings.